The van der Waals surface area contributed by atoms with Crippen LogP contribution in [0.3, 0.4) is 0 Å². The second kappa shape index (κ2) is 5.32. The predicted molar refractivity (Wildman–Crippen MR) is 69.2 cm³/mol. The van der Waals surface area contributed by atoms with E-state index in [4.69, 9.17) is 4.42 Å². The van der Waals surface area contributed by atoms with Crippen molar-refractivity contribution in [3.05, 3.63) is 46.6 Å². The van der Waals surface area contributed by atoms with Crippen LogP contribution in [0, 0.1) is 0 Å². The van der Waals surface area contributed by atoms with Crippen LogP contribution < -0.4 is 5.32 Å². The second-order valence-electron chi connectivity index (χ2n) is 3.57. The van der Waals surface area contributed by atoms with Crippen LogP contribution in [-0.4, -0.2) is 6.54 Å². The van der Waals surface area contributed by atoms with E-state index in [0.29, 0.717) is 0 Å². The third kappa shape index (κ3) is 2.54. The molecule has 0 radical (unpaired) electrons. The molecule has 0 atom stereocenters. The van der Waals surface area contributed by atoms with Crippen molar-refractivity contribution in [3.8, 4) is 11.3 Å². The van der Waals surface area contributed by atoms with Gasteiger partial charge in [-0.1, -0.05) is 31.2 Å². The summed E-state index contributed by atoms with van der Waals surface area (Å²) < 4.78 is 6.40. The third-order valence-electron chi connectivity index (χ3n) is 2.41. The summed E-state index contributed by atoms with van der Waals surface area (Å²) in [5.74, 6) is 0.884. The summed E-state index contributed by atoms with van der Waals surface area (Å²) >= 11 is 3.46. The van der Waals surface area contributed by atoms with Crippen LogP contribution in [0.25, 0.3) is 11.3 Å². The molecule has 0 saturated carbocycles. The van der Waals surface area contributed by atoms with Gasteiger partial charge in [0.2, 0.25) is 0 Å². The number of nitrogens with one attached hydrogen (secondary N) is 1. The Labute approximate surface area is 104 Å². The zero-order valence-corrected chi connectivity index (χ0v) is 10.8. The van der Waals surface area contributed by atoms with Gasteiger partial charge in [-0.15, -0.1) is 0 Å². The Morgan fingerprint density at radius 2 is 1.94 bits per heavy atom. The van der Waals surface area contributed by atoms with Crippen molar-refractivity contribution in [2.24, 2.45) is 0 Å². The third-order valence-corrected chi connectivity index (χ3v) is 3.04. The molecule has 0 unspecified atom stereocenters. The lowest BCUT2D eigenvalue weighted by Gasteiger charge is -2.03. The summed E-state index contributed by atoms with van der Waals surface area (Å²) in [5, 5.41) is 3.30. The van der Waals surface area contributed by atoms with Crippen molar-refractivity contribution in [1.29, 1.82) is 0 Å². The smallest absolute Gasteiger partial charge is 0.148 e. The lowest BCUT2D eigenvalue weighted by atomic mass is 10.1. The Balaban J connectivity index is 2.16. The van der Waals surface area contributed by atoms with Crippen LogP contribution in [-0.2, 0) is 6.54 Å². The maximum absolute atomic E-state index is 5.41. The SMILES string of the molecule is CCNCc1ccc(-c2occc2Br)cc1. The van der Waals surface area contributed by atoms with Crippen molar-refractivity contribution in [2.75, 3.05) is 6.54 Å². The van der Waals surface area contributed by atoms with Gasteiger partial charge in [-0.25, -0.2) is 0 Å². The van der Waals surface area contributed by atoms with Gasteiger partial charge in [0, 0.05) is 12.1 Å². The van der Waals surface area contributed by atoms with Gasteiger partial charge < -0.3 is 9.73 Å². The largest absolute Gasteiger partial charge is 0.463 e. The molecule has 0 saturated heterocycles. The topological polar surface area (TPSA) is 25.2 Å². The number of benzene rings is 1. The van der Waals surface area contributed by atoms with Crippen molar-refractivity contribution in [3.63, 3.8) is 0 Å². The van der Waals surface area contributed by atoms with E-state index in [1.807, 2.05) is 6.07 Å². The van der Waals surface area contributed by atoms with Gasteiger partial charge in [0.25, 0.3) is 0 Å². The van der Waals surface area contributed by atoms with Crippen LogP contribution in [0.1, 0.15) is 12.5 Å². The highest BCUT2D eigenvalue weighted by Gasteiger charge is 2.05. The highest BCUT2D eigenvalue weighted by molar-refractivity contribution is 9.10. The van der Waals surface area contributed by atoms with Gasteiger partial charge in [-0.3, -0.25) is 0 Å². The average molecular weight is 280 g/mol. The number of furan rings is 1. The van der Waals surface area contributed by atoms with Crippen LogP contribution in [0.15, 0.2) is 45.5 Å². The standard InChI is InChI=1S/C13H14BrNO/c1-2-15-9-10-3-5-11(6-4-10)13-12(14)7-8-16-13/h3-8,15H,2,9H2,1H3. The summed E-state index contributed by atoms with van der Waals surface area (Å²) in [6, 6.07) is 10.3. The van der Waals surface area contributed by atoms with Crippen molar-refractivity contribution in [2.45, 2.75) is 13.5 Å². The summed E-state index contributed by atoms with van der Waals surface area (Å²) in [6.07, 6.45) is 1.69. The molecule has 1 heterocycles. The normalized spacial score (nSPS) is 10.6. The Morgan fingerprint density at radius 3 is 2.50 bits per heavy atom. The molecule has 84 valence electrons. The molecule has 0 aliphatic carbocycles. The maximum Gasteiger partial charge on any atom is 0.148 e. The van der Waals surface area contributed by atoms with Crippen LogP contribution >= 0.6 is 15.9 Å². The number of hydrogen-bond donors (Lipinski definition) is 1. The lowest BCUT2D eigenvalue weighted by Crippen LogP contribution is -2.11. The first-order valence-electron chi connectivity index (χ1n) is 5.34. The van der Waals surface area contributed by atoms with E-state index >= 15 is 0 Å². The molecule has 16 heavy (non-hydrogen) atoms. The van der Waals surface area contributed by atoms with E-state index in [1.54, 1.807) is 6.26 Å². The minimum atomic E-state index is 0.884. The highest BCUT2D eigenvalue weighted by atomic mass is 79.9. The molecule has 3 heteroatoms. The second-order valence-corrected chi connectivity index (χ2v) is 4.43. The van der Waals surface area contributed by atoms with Crippen molar-refractivity contribution < 1.29 is 4.42 Å². The fourth-order valence-electron chi connectivity index (χ4n) is 1.54. The van der Waals surface area contributed by atoms with Crippen LogP contribution in [0.5, 0.6) is 0 Å². The number of hydrogen-bond acceptors (Lipinski definition) is 2. The molecule has 1 aromatic heterocycles. The Bertz CT molecular complexity index is 447. The Morgan fingerprint density at radius 1 is 1.19 bits per heavy atom. The Hall–Kier alpha value is -1.06. The molecule has 1 N–H and O–H groups in total. The summed E-state index contributed by atoms with van der Waals surface area (Å²) in [6.45, 7) is 4.01. The fraction of sp³-hybridized carbons (Fsp3) is 0.231. The molecule has 0 aliphatic rings. The van der Waals surface area contributed by atoms with Gasteiger partial charge >= 0.3 is 0 Å². The summed E-state index contributed by atoms with van der Waals surface area (Å²) in [7, 11) is 0. The minimum absolute atomic E-state index is 0.884. The van der Waals surface area contributed by atoms with Gasteiger partial charge in [-0.2, -0.15) is 0 Å². The van der Waals surface area contributed by atoms with E-state index in [9.17, 15) is 0 Å². The maximum atomic E-state index is 5.41. The van der Waals surface area contributed by atoms with E-state index in [1.165, 1.54) is 5.56 Å². The molecule has 0 spiro atoms. The van der Waals surface area contributed by atoms with Crippen LogP contribution in [0.4, 0.5) is 0 Å². The van der Waals surface area contributed by atoms with E-state index in [-0.39, 0.29) is 0 Å². The first-order valence-corrected chi connectivity index (χ1v) is 6.13. The molecular formula is C13H14BrNO. The minimum Gasteiger partial charge on any atom is -0.463 e. The monoisotopic (exact) mass is 279 g/mol. The highest BCUT2D eigenvalue weighted by Crippen LogP contribution is 2.29. The van der Waals surface area contributed by atoms with E-state index in [2.05, 4.69) is 52.4 Å². The quantitative estimate of drug-likeness (QED) is 0.921. The molecular weight excluding hydrogens is 266 g/mol. The first kappa shape index (κ1) is 11.4. The van der Waals surface area contributed by atoms with Gasteiger partial charge in [0.1, 0.15) is 5.76 Å². The molecule has 2 aromatic rings. The van der Waals surface area contributed by atoms with E-state index in [0.717, 1.165) is 28.9 Å². The predicted octanol–water partition coefficient (Wildman–Crippen LogP) is 3.82. The fourth-order valence-corrected chi connectivity index (χ4v) is 1.97. The summed E-state index contributed by atoms with van der Waals surface area (Å²) in [5.41, 5.74) is 2.38. The summed E-state index contributed by atoms with van der Waals surface area (Å²) in [4.78, 5) is 0. The lowest BCUT2D eigenvalue weighted by molar-refractivity contribution is 0.581. The van der Waals surface area contributed by atoms with Crippen LogP contribution in [0.2, 0.25) is 0 Å². The molecule has 1 aromatic carbocycles. The first-order chi connectivity index (χ1) is 7.81. The van der Waals surface area contributed by atoms with Crippen molar-refractivity contribution >= 4 is 15.9 Å². The molecule has 2 rings (SSSR count). The molecule has 0 aliphatic heterocycles. The molecule has 2 nitrogen and oxygen atoms in total. The molecule has 0 fully saturated rings. The Kier molecular flexibility index (Phi) is 3.80. The average Bonchev–Trinajstić information content (AvgIpc) is 2.74. The van der Waals surface area contributed by atoms with Gasteiger partial charge in [-0.05, 0) is 34.1 Å². The van der Waals surface area contributed by atoms with E-state index < -0.39 is 0 Å². The number of halogens is 1. The van der Waals surface area contributed by atoms with Gasteiger partial charge in [0.15, 0.2) is 0 Å². The zero-order chi connectivity index (χ0) is 11.4. The molecule has 0 bridgehead atoms. The zero-order valence-electron chi connectivity index (χ0n) is 9.16. The van der Waals surface area contributed by atoms with Crippen molar-refractivity contribution in [1.82, 2.24) is 5.32 Å². The van der Waals surface area contributed by atoms with Gasteiger partial charge in [0.05, 0.1) is 10.7 Å². The number of rotatable bonds is 4. The molecule has 0 amide bonds.